The molecule has 1 aromatic carbocycles. The highest BCUT2D eigenvalue weighted by molar-refractivity contribution is 9.10. The topological polar surface area (TPSA) is 90.7 Å². The van der Waals surface area contributed by atoms with Crippen LogP contribution in [0.2, 0.25) is 0 Å². The van der Waals surface area contributed by atoms with Crippen molar-refractivity contribution in [2.75, 3.05) is 13.1 Å². The van der Waals surface area contributed by atoms with Crippen molar-refractivity contribution in [3.63, 3.8) is 0 Å². The average molecular weight is 587 g/mol. The first-order chi connectivity index (χ1) is 16.6. The Kier molecular flexibility index (Phi) is 8.75. The van der Waals surface area contributed by atoms with E-state index in [9.17, 15) is 18.8 Å². The van der Waals surface area contributed by atoms with E-state index >= 15 is 0 Å². The summed E-state index contributed by atoms with van der Waals surface area (Å²) in [7, 11) is 0. The first-order valence-corrected chi connectivity index (χ1v) is 13.7. The molecule has 0 N–H and O–H groups in total. The zero-order valence-corrected chi connectivity index (χ0v) is 23.9. The standard InChI is InChI=1S/C25H33BrFN3O5S/c1-24(2,3)34-21(31)13-30-20(28-19-12-17(26)18(27)11-16(19)22(30)32)14-36-15-7-9-29(10-8-15)23(33)35-25(4,5)6/h11-12,15H,7-10,13-14H2,1-6H3. The molecule has 1 amide bonds. The third-order valence-corrected chi connectivity index (χ3v) is 7.30. The molecule has 36 heavy (non-hydrogen) atoms. The number of thioether (sulfide) groups is 1. The van der Waals surface area contributed by atoms with Gasteiger partial charge in [0.25, 0.3) is 5.56 Å². The van der Waals surface area contributed by atoms with Crippen molar-refractivity contribution in [1.29, 1.82) is 0 Å². The lowest BCUT2D eigenvalue weighted by Crippen LogP contribution is -2.42. The number of fused-ring (bicyclic) bond motifs is 1. The predicted octanol–water partition coefficient (Wildman–Crippen LogP) is 5.27. The molecule has 1 aliphatic rings. The van der Waals surface area contributed by atoms with Crippen LogP contribution in [0.1, 0.15) is 60.2 Å². The first-order valence-electron chi connectivity index (χ1n) is 11.8. The number of hydrogen-bond acceptors (Lipinski definition) is 7. The van der Waals surface area contributed by atoms with Crippen molar-refractivity contribution in [2.45, 2.75) is 83.1 Å². The van der Waals surface area contributed by atoms with Gasteiger partial charge < -0.3 is 14.4 Å². The van der Waals surface area contributed by atoms with Gasteiger partial charge in [0.05, 0.1) is 21.1 Å². The molecular formula is C25H33BrFN3O5S. The van der Waals surface area contributed by atoms with E-state index in [1.807, 2.05) is 20.8 Å². The minimum Gasteiger partial charge on any atom is -0.459 e. The zero-order valence-electron chi connectivity index (χ0n) is 21.5. The van der Waals surface area contributed by atoms with Gasteiger partial charge >= 0.3 is 12.1 Å². The van der Waals surface area contributed by atoms with Crippen molar-refractivity contribution in [2.24, 2.45) is 0 Å². The van der Waals surface area contributed by atoms with Gasteiger partial charge in [-0.05, 0) is 82.4 Å². The lowest BCUT2D eigenvalue weighted by molar-refractivity contribution is -0.155. The van der Waals surface area contributed by atoms with Gasteiger partial charge in [0.15, 0.2) is 0 Å². The van der Waals surface area contributed by atoms with Crippen LogP contribution in [0.5, 0.6) is 0 Å². The summed E-state index contributed by atoms with van der Waals surface area (Å²) in [5.74, 6) is -0.360. The highest BCUT2D eigenvalue weighted by Gasteiger charge is 2.28. The van der Waals surface area contributed by atoms with Gasteiger partial charge in [0.1, 0.15) is 29.4 Å². The molecule has 1 saturated heterocycles. The van der Waals surface area contributed by atoms with Gasteiger partial charge in [-0.15, -0.1) is 0 Å². The molecule has 198 valence electrons. The van der Waals surface area contributed by atoms with Gasteiger partial charge in [-0.25, -0.2) is 14.2 Å². The van der Waals surface area contributed by atoms with E-state index in [0.717, 1.165) is 18.9 Å². The quantitative estimate of drug-likeness (QED) is 0.441. The van der Waals surface area contributed by atoms with Crippen LogP contribution in [0, 0.1) is 5.82 Å². The van der Waals surface area contributed by atoms with Gasteiger partial charge in [-0.3, -0.25) is 14.2 Å². The Bertz CT molecular complexity index is 1200. The molecule has 0 aliphatic carbocycles. The van der Waals surface area contributed by atoms with Crippen LogP contribution < -0.4 is 5.56 Å². The fourth-order valence-corrected chi connectivity index (χ4v) is 5.24. The Morgan fingerprint density at radius 1 is 1.11 bits per heavy atom. The Labute approximate surface area is 223 Å². The number of likely N-dealkylation sites (tertiary alicyclic amines) is 1. The zero-order chi connectivity index (χ0) is 26.8. The lowest BCUT2D eigenvalue weighted by Gasteiger charge is -2.33. The minimum atomic E-state index is -0.709. The summed E-state index contributed by atoms with van der Waals surface area (Å²) in [5, 5.41) is 0.338. The normalized spacial score (nSPS) is 15.3. The Balaban J connectivity index is 1.78. The number of benzene rings is 1. The fourth-order valence-electron chi connectivity index (χ4n) is 3.76. The van der Waals surface area contributed by atoms with E-state index in [0.29, 0.717) is 30.2 Å². The number of ether oxygens (including phenoxy) is 2. The van der Waals surface area contributed by atoms with Crippen molar-refractivity contribution in [1.82, 2.24) is 14.5 Å². The van der Waals surface area contributed by atoms with Gasteiger partial charge in [0.2, 0.25) is 0 Å². The molecular weight excluding hydrogens is 553 g/mol. The maximum absolute atomic E-state index is 14.2. The van der Waals surface area contributed by atoms with Crippen LogP contribution in [0.4, 0.5) is 9.18 Å². The van der Waals surface area contributed by atoms with Crippen LogP contribution in [0.25, 0.3) is 10.9 Å². The molecule has 0 radical (unpaired) electrons. The van der Waals surface area contributed by atoms with E-state index in [2.05, 4.69) is 20.9 Å². The van der Waals surface area contributed by atoms with Crippen molar-refractivity contribution >= 4 is 50.7 Å². The maximum atomic E-state index is 14.2. The molecule has 0 bridgehead atoms. The van der Waals surface area contributed by atoms with Crippen LogP contribution >= 0.6 is 27.7 Å². The highest BCUT2D eigenvalue weighted by Crippen LogP contribution is 2.28. The number of halogens is 2. The second-order valence-corrected chi connectivity index (χ2v) is 12.9. The third-order valence-electron chi connectivity index (χ3n) is 5.32. The summed E-state index contributed by atoms with van der Waals surface area (Å²) in [6.07, 6.45) is 1.22. The SMILES string of the molecule is CC(C)(C)OC(=O)Cn1c(CSC2CCN(C(=O)OC(C)(C)C)CC2)nc2cc(Br)c(F)cc2c1=O. The molecule has 11 heteroatoms. The summed E-state index contributed by atoms with van der Waals surface area (Å²) < 4.78 is 26.5. The molecule has 1 aromatic heterocycles. The second-order valence-electron chi connectivity index (χ2n) is 10.8. The summed E-state index contributed by atoms with van der Waals surface area (Å²) in [6.45, 7) is 11.6. The number of piperidine rings is 1. The van der Waals surface area contributed by atoms with Crippen LogP contribution in [-0.2, 0) is 26.6 Å². The van der Waals surface area contributed by atoms with E-state index in [-0.39, 0.29) is 27.7 Å². The summed E-state index contributed by atoms with van der Waals surface area (Å²) in [4.78, 5) is 44.5. The van der Waals surface area contributed by atoms with Crippen molar-refractivity contribution < 1.29 is 23.5 Å². The van der Waals surface area contributed by atoms with Crippen LogP contribution in [-0.4, -0.2) is 56.1 Å². The Morgan fingerprint density at radius 2 is 1.72 bits per heavy atom. The van der Waals surface area contributed by atoms with Crippen LogP contribution in [0.15, 0.2) is 21.4 Å². The number of aromatic nitrogens is 2. The van der Waals surface area contributed by atoms with Crippen LogP contribution in [0.3, 0.4) is 0 Å². The molecule has 8 nitrogen and oxygen atoms in total. The van der Waals surface area contributed by atoms with E-state index in [1.165, 1.54) is 10.6 Å². The Morgan fingerprint density at radius 3 is 2.31 bits per heavy atom. The molecule has 0 saturated carbocycles. The molecule has 0 unspecified atom stereocenters. The van der Waals surface area contributed by atoms with Gasteiger partial charge in [-0.1, -0.05) is 0 Å². The number of hydrogen-bond donors (Lipinski definition) is 0. The largest absolute Gasteiger partial charge is 0.459 e. The van der Waals surface area contributed by atoms with Crippen molar-refractivity contribution in [3.05, 3.63) is 38.6 Å². The molecule has 0 atom stereocenters. The number of nitrogens with zero attached hydrogens (tertiary/aromatic N) is 3. The summed E-state index contributed by atoms with van der Waals surface area (Å²) in [5.41, 5.74) is -1.39. The number of carbonyl (C=O) groups excluding carboxylic acids is 2. The molecule has 1 fully saturated rings. The van der Waals surface area contributed by atoms with Gasteiger partial charge in [0, 0.05) is 18.3 Å². The smallest absolute Gasteiger partial charge is 0.410 e. The molecule has 2 aromatic rings. The molecule has 0 spiro atoms. The number of rotatable bonds is 5. The third kappa shape index (κ3) is 7.68. The first kappa shape index (κ1) is 28.4. The molecule has 3 rings (SSSR count). The summed E-state index contributed by atoms with van der Waals surface area (Å²) in [6, 6.07) is 2.60. The molecule has 1 aliphatic heterocycles. The van der Waals surface area contributed by atoms with E-state index < -0.39 is 28.5 Å². The molecule has 2 heterocycles. The van der Waals surface area contributed by atoms with E-state index in [1.54, 1.807) is 37.4 Å². The monoisotopic (exact) mass is 585 g/mol. The lowest BCUT2D eigenvalue weighted by atomic mass is 10.1. The fraction of sp³-hybridized carbons (Fsp3) is 0.600. The highest BCUT2D eigenvalue weighted by atomic mass is 79.9. The minimum absolute atomic E-state index is 0.0960. The maximum Gasteiger partial charge on any atom is 0.410 e. The van der Waals surface area contributed by atoms with Crippen molar-refractivity contribution in [3.8, 4) is 0 Å². The Hall–Kier alpha value is -2.14. The number of esters is 1. The second kappa shape index (κ2) is 11.1. The average Bonchev–Trinajstić information content (AvgIpc) is 2.74. The van der Waals surface area contributed by atoms with Gasteiger partial charge in [-0.2, -0.15) is 11.8 Å². The summed E-state index contributed by atoms with van der Waals surface area (Å²) >= 11 is 4.77. The number of carbonyl (C=O) groups is 2. The van der Waals surface area contributed by atoms with E-state index in [4.69, 9.17) is 9.47 Å². The number of amides is 1. The predicted molar refractivity (Wildman–Crippen MR) is 142 cm³/mol.